The van der Waals surface area contributed by atoms with E-state index in [0.717, 1.165) is 0 Å². The molecule has 10 heteroatoms. The minimum absolute atomic E-state index is 0. The summed E-state index contributed by atoms with van der Waals surface area (Å²) in [5.74, 6) is -16.7. The Kier molecular flexibility index (Phi) is 4.48. The molecular weight excluding hydrogens is 277 g/mol. The molecule has 0 bridgehead atoms. The molecule has 0 aromatic rings. The molecule has 0 aliphatic rings. The molecule has 0 heterocycles. The number of hydrogen-bond donors (Lipinski definition) is 0. The van der Waals surface area contributed by atoms with E-state index >= 15 is 0 Å². The van der Waals surface area contributed by atoms with Crippen molar-refractivity contribution < 1.29 is 57.7 Å². The number of carboxylic acids is 1. The monoisotopic (exact) mass is 276 g/mol. The van der Waals surface area contributed by atoms with Crippen LogP contribution in [0.15, 0.2) is 0 Å². The third-order valence-electron chi connectivity index (χ3n) is 1.01. The standard InChI is InChI=1S/C4HF7O2.Cu/c5-2(6,1(12)13)3(7,8)4(9,10)11;/h(H,12,13);/q;+1/p-1. The number of hydrogen-bond acceptors (Lipinski definition) is 2. The van der Waals surface area contributed by atoms with E-state index in [1.54, 1.807) is 0 Å². The zero-order chi connectivity index (χ0) is 11.1. The van der Waals surface area contributed by atoms with Gasteiger partial charge in [0.2, 0.25) is 0 Å². The average molecular weight is 277 g/mol. The van der Waals surface area contributed by atoms with E-state index in [2.05, 4.69) is 0 Å². The quantitative estimate of drug-likeness (QED) is 0.546. The molecule has 0 saturated heterocycles. The van der Waals surface area contributed by atoms with Gasteiger partial charge in [0.1, 0.15) is 5.97 Å². The summed E-state index contributed by atoms with van der Waals surface area (Å²) >= 11 is 0. The predicted molar refractivity (Wildman–Crippen MR) is 21.0 cm³/mol. The second kappa shape index (κ2) is 3.93. The molecule has 0 aromatic carbocycles. The maximum atomic E-state index is 11.7. The van der Waals surface area contributed by atoms with Crippen LogP contribution in [0.5, 0.6) is 0 Å². The molecule has 0 fully saturated rings. The van der Waals surface area contributed by atoms with Crippen molar-refractivity contribution in [1.29, 1.82) is 0 Å². The van der Waals surface area contributed by atoms with Crippen molar-refractivity contribution in [3.05, 3.63) is 0 Å². The van der Waals surface area contributed by atoms with E-state index in [9.17, 15) is 40.6 Å². The van der Waals surface area contributed by atoms with Crippen LogP contribution < -0.4 is 5.11 Å². The molecule has 0 N–H and O–H groups in total. The Bertz CT molecular complexity index is 222. The van der Waals surface area contributed by atoms with Crippen LogP contribution in [0.2, 0.25) is 0 Å². The van der Waals surface area contributed by atoms with Crippen molar-refractivity contribution in [3.8, 4) is 0 Å². The van der Waals surface area contributed by atoms with Crippen molar-refractivity contribution in [2.75, 3.05) is 0 Å². The molecule has 0 spiro atoms. The van der Waals surface area contributed by atoms with Crippen LogP contribution in [0.3, 0.4) is 0 Å². The van der Waals surface area contributed by atoms with Crippen LogP contribution in [-0.4, -0.2) is 24.0 Å². The molecule has 0 aliphatic carbocycles. The molecule has 0 radical (unpaired) electrons. The predicted octanol–water partition coefficient (Wildman–Crippen LogP) is 0.567. The number of aliphatic carboxylic acids is 1. The summed E-state index contributed by atoms with van der Waals surface area (Å²) in [5, 5.41) is 9.27. The molecule has 88 valence electrons. The third-order valence-corrected chi connectivity index (χ3v) is 1.01. The van der Waals surface area contributed by atoms with Crippen LogP contribution >= 0.6 is 0 Å². The molecule has 0 amide bonds. The van der Waals surface area contributed by atoms with Crippen molar-refractivity contribution in [3.63, 3.8) is 0 Å². The van der Waals surface area contributed by atoms with Crippen molar-refractivity contribution in [2.24, 2.45) is 0 Å². The molecule has 0 unspecified atom stereocenters. The zero-order valence-corrected chi connectivity index (χ0v) is 6.71. The van der Waals surface area contributed by atoms with Gasteiger partial charge >= 0.3 is 35.1 Å². The van der Waals surface area contributed by atoms with Crippen LogP contribution in [-0.2, 0) is 21.9 Å². The van der Waals surface area contributed by atoms with Gasteiger partial charge in [-0.3, -0.25) is 0 Å². The van der Waals surface area contributed by atoms with Crippen molar-refractivity contribution >= 4 is 5.97 Å². The Balaban J connectivity index is 0. The summed E-state index contributed by atoms with van der Waals surface area (Å²) in [6, 6.07) is 0. The van der Waals surface area contributed by atoms with Gasteiger partial charge in [0.15, 0.2) is 0 Å². The van der Waals surface area contributed by atoms with Gasteiger partial charge in [-0.25, -0.2) is 0 Å². The Hall–Kier alpha value is -0.501. The minimum atomic E-state index is -6.64. The fraction of sp³-hybridized carbons (Fsp3) is 0.750. The van der Waals surface area contributed by atoms with E-state index in [0.29, 0.717) is 0 Å². The average Bonchev–Trinajstić information content (AvgIpc) is 1.84. The van der Waals surface area contributed by atoms with Gasteiger partial charge < -0.3 is 9.90 Å². The molecular formula is C4CuF7O2. The van der Waals surface area contributed by atoms with E-state index in [-0.39, 0.29) is 17.1 Å². The largest absolute Gasteiger partial charge is 1.00 e. The Morgan fingerprint density at radius 1 is 0.929 bits per heavy atom. The molecule has 0 aliphatic heterocycles. The van der Waals surface area contributed by atoms with Gasteiger partial charge in [-0.2, -0.15) is 30.7 Å². The summed E-state index contributed by atoms with van der Waals surface area (Å²) in [6.45, 7) is 0. The van der Waals surface area contributed by atoms with E-state index in [1.807, 2.05) is 0 Å². The number of carbonyl (C=O) groups is 1. The first kappa shape index (κ1) is 15.9. The summed E-state index contributed by atoms with van der Waals surface area (Å²) in [6.07, 6.45) is -6.64. The Morgan fingerprint density at radius 2 is 1.21 bits per heavy atom. The molecule has 14 heavy (non-hydrogen) atoms. The maximum Gasteiger partial charge on any atom is 1.00 e. The van der Waals surface area contributed by atoms with Crippen molar-refractivity contribution in [1.82, 2.24) is 0 Å². The number of halogens is 7. The Morgan fingerprint density at radius 3 is 1.29 bits per heavy atom. The number of rotatable bonds is 2. The minimum Gasteiger partial charge on any atom is -0.544 e. The molecule has 0 rings (SSSR count). The van der Waals surface area contributed by atoms with Gasteiger partial charge in [0.25, 0.3) is 0 Å². The zero-order valence-electron chi connectivity index (χ0n) is 5.76. The van der Waals surface area contributed by atoms with E-state index in [1.165, 1.54) is 0 Å². The maximum absolute atomic E-state index is 11.7. The van der Waals surface area contributed by atoms with Gasteiger partial charge in [-0.15, -0.1) is 0 Å². The van der Waals surface area contributed by atoms with Crippen LogP contribution in [0.4, 0.5) is 30.7 Å². The number of alkyl halides is 7. The summed E-state index contributed by atoms with van der Waals surface area (Å²) < 4.78 is 80.2. The molecule has 2 nitrogen and oxygen atoms in total. The summed E-state index contributed by atoms with van der Waals surface area (Å²) in [5.41, 5.74) is 0. The first-order valence-electron chi connectivity index (χ1n) is 2.48. The molecule has 0 atom stereocenters. The topological polar surface area (TPSA) is 40.1 Å². The number of carbonyl (C=O) groups excluding carboxylic acids is 1. The fourth-order valence-electron chi connectivity index (χ4n) is 0.306. The van der Waals surface area contributed by atoms with Crippen LogP contribution in [0.25, 0.3) is 0 Å². The summed E-state index contributed by atoms with van der Waals surface area (Å²) in [4.78, 5) is 9.27. The molecule has 0 aromatic heterocycles. The van der Waals surface area contributed by atoms with Crippen LogP contribution in [0, 0.1) is 0 Å². The van der Waals surface area contributed by atoms with E-state index < -0.39 is 24.0 Å². The second-order valence-corrected chi connectivity index (χ2v) is 1.93. The van der Waals surface area contributed by atoms with Gasteiger partial charge in [0, 0.05) is 0 Å². The third kappa shape index (κ3) is 2.30. The summed E-state index contributed by atoms with van der Waals surface area (Å²) in [7, 11) is 0. The smallest absolute Gasteiger partial charge is 0.544 e. The first-order chi connectivity index (χ1) is 5.44. The number of carboxylic acid groups (broad SMARTS) is 1. The van der Waals surface area contributed by atoms with E-state index in [4.69, 9.17) is 0 Å². The SMILES string of the molecule is O=C([O-])C(F)(F)C(F)(F)C(F)(F)F.[Cu+]. The Labute approximate surface area is 82.5 Å². The fourth-order valence-corrected chi connectivity index (χ4v) is 0.306. The van der Waals surface area contributed by atoms with Gasteiger partial charge in [-0.05, 0) is 0 Å². The molecule has 0 saturated carbocycles. The first-order valence-corrected chi connectivity index (χ1v) is 2.48. The second-order valence-electron chi connectivity index (χ2n) is 1.93. The normalized spacial score (nSPS) is 13.4. The van der Waals surface area contributed by atoms with Crippen LogP contribution in [0.1, 0.15) is 0 Å². The van der Waals surface area contributed by atoms with Crippen molar-refractivity contribution in [2.45, 2.75) is 18.0 Å². The van der Waals surface area contributed by atoms with Gasteiger partial charge in [0.05, 0.1) is 0 Å². The van der Waals surface area contributed by atoms with Gasteiger partial charge in [-0.1, -0.05) is 0 Å².